The Kier molecular flexibility index (Phi) is 5.08. The molecule has 0 radical (unpaired) electrons. The van der Waals surface area contributed by atoms with E-state index in [2.05, 4.69) is 19.2 Å². The first kappa shape index (κ1) is 13.4. The van der Waals surface area contributed by atoms with Gasteiger partial charge >= 0.3 is 5.97 Å². The monoisotopic (exact) mass is 203 g/mol. The summed E-state index contributed by atoms with van der Waals surface area (Å²) < 4.78 is 0. The van der Waals surface area contributed by atoms with E-state index < -0.39 is 11.6 Å². The second-order valence-electron chi connectivity index (χ2n) is 4.13. The predicted octanol–water partition coefficient (Wildman–Crippen LogP) is 0.846. The summed E-state index contributed by atoms with van der Waals surface area (Å²) in [5, 5.41) is 21.1. The molecule has 0 aromatic carbocycles. The molecule has 4 heteroatoms. The van der Waals surface area contributed by atoms with Gasteiger partial charge in [0.05, 0.1) is 0 Å². The number of nitrogens with one attached hydrogen (secondary N) is 1. The van der Waals surface area contributed by atoms with Crippen molar-refractivity contribution in [2.45, 2.75) is 45.8 Å². The lowest BCUT2D eigenvalue weighted by Gasteiger charge is -2.25. The van der Waals surface area contributed by atoms with Gasteiger partial charge in [-0.3, -0.25) is 0 Å². The van der Waals surface area contributed by atoms with Crippen molar-refractivity contribution in [3.63, 3.8) is 0 Å². The SMILES string of the molecule is CCC(C)C(C)NCC(C)(O)C(=O)O. The second-order valence-corrected chi connectivity index (χ2v) is 4.13. The maximum atomic E-state index is 10.6. The maximum absolute atomic E-state index is 10.6. The molecule has 0 rings (SSSR count). The molecule has 0 fully saturated rings. The summed E-state index contributed by atoms with van der Waals surface area (Å²) in [6.07, 6.45) is 1.03. The van der Waals surface area contributed by atoms with Crippen LogP contribution in [-0.2, 0) is 4.79 Å². The Hall–Kier alpha value is -0.610. The fourth-order valence-electron chi connectivity index (χ4n) is 0.990. The predicted molar refractivity (Wildman–Crippen MR) is 55.2 cm³/mol. The number of aliphatic hydroxyl groups is 1. The Balaban J connectivity index is 3.99. The molecule has 14 heavy (non-hydrogen) atoms. The molecular weight excluding hydrogens is 182 g/mol. The van der Waals surface area contributed by atoms with Crippen LogP contribution in [0.15, 0.2) is 0 Å². The third-order valence-electron chi connectivity index (χ3n) is 2.73. The zero-order valence-corrected chi connectivity index (χ0v) is 9.37. The van der Waals surface area contributed by atoms with E-state index in [4.69, 9.17) is 5.11 Å². The lowest BCUT2D eigenvalue weighted by molar-refractivity contribution is -0.156. The van der Waals surface area contributed by atoms with Gasteiger partial charge in [0, 0.05) is 12.6 Å². The fraction of sp³-hybridized carbons (Fsp3) is 0.900. The van der Waals surface area contributed by atoms with Gasteiger partial charge in [-0.15, -0.1) is 0 Å². The summed E-state index contributed by atoms with van der Waals surface area (Å²) >= 11 is 0. The Morgan fingerprint density at radius 3 is 2.36 bits per heavy atom. The summed E-state index contributed by atoms with van der Waals surface area (Å²) in [4.78, 5) is 10.6. The second kappa shape index (κ2) is 5.32. The van der Waals surface area contributed by atoms with Gasteiger partial charge < -0.3 is 15.5 Å². The van der Waals surface area contributed by atoms with Gasteiger partial charge in [-0.05, 0) is 19.8 Å². The zero-order valence-electron chi connectivity index (χ0n) is 9.37. The molecule has 0 saturated heterocycles. The Morgan fingerprint density at radius 1 is 1.50 bits per heavy atom. The van der Waals surface area contributed by atoms with E-state index in [0.717, 1.165) is 6.42 Å². The van der Waals surface area contributed by atoms with Gasteiger partial charge in [0.2, 0.25) is 0 Å². The minimum atomic E-state index is -1.68. The number of carbonyl (C=O) groups is 1. The van der Waals surface area contributed by atoms with Crippen molar-refractivity contribution >= 4 is 5.97 Å². The average Bonchev–Trinajstić information content (AvgIpc) is 2.12. The molecule has 0 heterocycles. The minimum absolute atomic E-state index is 0.0772. The molecule has 3 N–H and O–H groups in total. The van der Waals surface area contributed by atoms with Crippen LogP contribution in [0.4, 0.5) is 0 Å². The molecule has 3 unspecified atom stereocenters. The van der Waals surface area contributed by atoms with Crippen LogP contribution in [0, 0.1) is 5.92 Å². The quantitative estimate of drug-likeness (QED) is 0.598. The summed E-state index contributed by atoms with van der Waals surface area (Å²) in [6, 6.07) is 0.214. The molecule has 0 bridgehead atoms. The molecule has 0 saturated carbocycles. The summed E-state index contributed by atoms with van der Waals surface area (Å²) in [5.74, 6) is -0.721. The molecule has 0 aliphatic rings. The van der Waals surface area contributed by atoms with Crippen molar-refractivity contribution in [2.24, 2.45) is 5.92 Å². The third-order valence-corrected chi connectivity index (χ3v) is 2.73. The third kappa shape index (κ3) is 4.07. The lowest BCUT2D eigenvalue weighted by atomic mass is 9.99. The molecule has 0 spiro atoms. The minimum Gasteiger partial charge on any atom is -0.479 e. The van der Waals surface area contributed by atoms with Crippen LogP contribution in [-0.4, -0.2) is 34.4 Å². The van der Waals surface area contributed by atoms with Crippen LogP contribution in [0.25, 0.3) is 0 Å². The topological polar surface area (TPSA) is 69.6 Å². The molecular formula is C10H21NO3. The number of hydrogen-bond donors (Lipinski definition) is 3. The van der Waals surface area contributed by atoms with Crippen molar-refractivity contribution in [1.29, 1.82) is 0 Å². The van der Waals surface area contributed by atoms with Gasteiger partial charge in [-0.1, -0.05) is 20.3 Å². The summed E-state index contributed by atoms with van der Waals surface area (Å²) in [5.41, 5.74) is -1.68. The smallest absolute Gasteiger partial charge is 0.336 e. The van der Waals surface area contributed by atoms with Gasteiger partial charge in [-0.2, -0.15) is 0 Å². The maximum Gasteiger partial charge on any atom is 0.336 e. The first-order chi connectivity index (χ1) is 6.31. The van der Waals surface area contributed by atoms with Gasteiger partial charge in [-0.25, -0.2) is 4.79 Å². The molecule has 4 nitrogen and oxygen atoms in total. The van der Waals surface area contributed by atoms with E-state index in [1.54, 1.807) is 0 Å². The van der Waals surface area contributed by atoms with Crippen molar-refractivity contribution in [2.75, 3.05) is 6.54 Å². The standard InChI is InChI=1S/C10H21NO3/c1-5-7(2)8(3)11-6-10(4,14)9(12)13/h7-8,11,14H,5-6H2,1-4H3,(H,12,13). The number of carboxylic acids is 1. The molecule has 84 valence electrons. The number of hydrogen-bond acceptors (Lipinski definition) is 3. The molecule has 0 aliphatic heterocycles. The van der Waals surface area contributed by atoms with Crippen LogP contribution >= 0.6 is 0 Å². The number of rotatable bonds is 6. The summed E-state index contributed by atoms with van der Waals surface area (Å²) in [6.45, 7) is 7.54. The van der Waals surface area contributed by atoms with E-state index in [1.165, 1.54) is 6.92 Å². The van der Waals surface area contributed by atoms with E-state index in [-0.39, 0.29) is 12.6 Å². The van der Waals surface area contributed by atoms with Crippen LogP contribution in [0.3, 0.4) is 0 Å². The van der Waals surface area contributed by atoms with E-state index >= 15 is 0 Å². The lowest BCUT2D eigenvalue weighted by Crippen LogP contribution is -2.48. The molecule has 3 atom stereocenters. The number of aliphatic carboxylic acids is 1. The highest BCUT2D eigenvalue weighted by molar-refractivity contribution is 5.76. The van der Waals surface area contributed by atoms with Crippen LogP contribution < -0.4 is 5.32 Å². The van der Waals surface area contributed by atoms with E-state index in [1.807, 2.05) is 6.92 Å². The van der Waals surface area contributed by atoms with Crippen LogP contribution in [0.5, 0.6) is 0 Å². The Labute approximate surface area is 85.3 Å². The van der Waals surface area contributed by atoms with E-state index in [9.17, 15) is 9.90 Å². The van der Waals surface area contributed by atoms with Crippen molar-refractivity contribution in [3.05, 3.63) is 0 Å². The van der Waals surface area contributed by atoms with Gasteiger partial charge in [0.25, 0.3) is 0 Å². The largest absolute Gasteiger partial charge is 0.479 e. The van der Waals surface area contributed by atoms with Crippen molar-refractivity contribution in [1.82, 2.24) is 5.32 Å². The molecule has 0 amide bonds. The highest BCUT2D eigenvalue weighted by atomic mass is 16.4. The highest BCUT2D eigenvalue weighted by Gasteiger charge is 2.30. The van der Waals surface area contributed by atoms with Crippen LogP contribution in [0.2, 0.25) is 0 Å². The fourth-order valence-corrected chi connectivity index (χ4v) is 0.990. The Morgan fingerprint density at radius 2 is 2.00 bits per heavy atom. The van der Waals surface area contributed by atoms with Gasteiger partial charge in [0.15, 0.2) is 5.60 Å². The molecule has 0 aromatic heterocycles. The normalized spacial score (nSPS) is 19.8. The van der Waals surface area contributed by atoms with Crippen LogP contribution in [0.1, 0.15) is 34.1 Å². The van der Waals surface area contributed by atoms with E-state index in [0.29, 0.717) is 5.92 Å². The average molecular weight is 203 g/mol. The van der Waals surface area contributed by atoms with Crippen molar-refractivity contribution in [3.8, 4) is 0 Å². The number of carboxylic acid groups (broad SMARTS) is 1. The summed E-state index contributed by atoms with van der Waals surface area (Å²) in [7, 11) is 0. The van der Waals surface area contributed by atoms with Gasteiger partial charge in [0.1, 0.15) is 0 Å². The molecule has 0 aliphatic carbocycles. The van der Waals surface area contributed by atoms with Crippen molar-refractivity contribution < 1.29 is 15.0 Å². The Bertz CT molecular complexity index is 192. The zero-order chi connectivity index (χ0) is 11.4. The highest BCUT2D eigenvalue weighted by Crippen LogP contribution is 2.08. The molecule has 0 aromatic rings. The first-order valence-electron chi connectivity index (χ1n) is 5.00. The first-order valence-corrected chi connectivity index (χ1v) is 5.00.